The molecule has 1 aliphatic heterocycles. The normalized spacial score (nSPS) is 22.0. The summed E-state index contributed by atoms with van der Waals surface area (Å²) in [6, 6.07) is 5.92. The van der Waals surface area contributed by atoms with Gasteiger partial charge in [-0.2, -0.15) is 0 Å². The third kappa shape index (κ3) is 3.78. The molecular formula is C21H22ClNO5. The first-order chi connectivity index (χ1) is 13.5. The Labute approximate surface area is 167 Å². The highest BCUT2D eigenvalue weighted by molar-refractivity contribution is 6.31. The molecule has 2 aromatic rings. The summed E-state index contributed by atoms with van der Waals surface area (Å²) >= 11 is 5.89. The molecule has 1 saturated carbocycles. The van der Waals surface area contributed by atoms with Crippen molar-refractivity contribution in [3.63, 3.8) is 0 Å². The van der Waals surface area contributed by atoms with Gasteiger partial charge in [0, 0.05) is 23.7 Å². The first kappa shape index (κ1) is 19.0. The van der Waals surface area contributed by atoms with Gasteiger partial charge < -0.3 is 14.1 Å². The van der Waals surface area contributed by atoms with Crippen LogP contribution in [-0.2, 0) is 9.53 Å². The van der Waals surface area contributed by atoms with Crippen LogP contribution in [0.2, 0.25) is 5.02 Å². The van der Waals surface area contributed by atoms with E-state index in [2.05, 4.69) is 0 Å². The van der Waals surface area contributed by atoms with E-state index in [1.54, 1.807) is 6.07 Å². The van der Waals surface area contributed by atoms with E-state index in [0.717, 1.165) is 25.3 Å². The predicted octanol–water partition coefficient (Wildman–Crippen LogP) is 3.78. The minimum absolute atomic E-state index is 0.181. The summed E-state index contributed by atoms with van der Waals surface area (Å²) in [7, 11) is 0. The molecule has 1 aliphatic carbocycles. The van der Waals surface area contributed by atoms with Crippen LogP contribution in [0, 0.1) is 5.92 Å². The molecule has 0 unspecified atom stereocenters. The van der Waals surface area contributed by atoms with Gasteiger partial charge in [-0.1, -0.05) is 24.4 Å². The second-order valence-corrected chi connectivity index (χ2v) is 7.97. The Morgan fingerprint density at radius 1 is 1.14 bits per heavy atom. The molecule has 6 nitrogen and oxygen atoms in total. The summed E-state index contributed by atoms with van der Waals surface area (Å²) in [6.45, 7) is 0.369. The molecule has 2 heterocycles. The summed E-state index contributed by atoms with van der Waals surface area (Å²) in [6.07, 6.45) is 6.71. The molecule has 4 rings (SSSR count). The monoisotopic (exact) mass is 403 g/mol. The minimum atomic E-state index is -0.820. The molecule has 0 spiro atoms. The van der Waals surface area contributed by atoms with E-state index in [1.165, 1.54) is 31.4 Å². The molecular weight excluding hydrogens is 382 g/mol. The first-order valence-corrected chi connectivity index (χ1v) is 10.1. The SMILES string of the molecule is O=C(OCC(=O)N1CCC[C@H]2CCCC[C@@H]21)c1cc(=O)c2cc(Cl)ccc2o1. The highest BCUT2D eigenvalue weighted by atomic mass is 35.5. The number of rotatable bonds is 3. The zero-order valence-corrected chi connectivity index (χ0v) is 16.2. The van der Waals surface area contributed by atoms with E-state index in [4.69, 9.17) is 20.8 Å². The van der Waals surface area contributed by atoms with Crippen LogP contribution in [0.1, 0.15) is 49.1 Å². The number of likely N-dealkylation sites (tertiary alicyclic amines) is 1. The Hall–Kier alpha value is -2.34. The molecule has 1 amide bonds. The van der Waals surface area contributed by atoms with E-state index in [-0.39, 0.29) is 40.7 Å². The van der Waals surface area contributed by atoms with E-state index in [9.17, 15) is 14.4 Å². The van der Waals surface area contributed by atoms with Gasteiger partial charge in [0.25, 0.3) is 5.91 Å². The molecule has 1 saturated heterocycles. The molecule has 1 aromatic carbocycles. The van der Waals surface area contributed by atoms with Crippen molar-refractivity contribution in [2.24, 2.45) is 5.92 Å². The fourth-order valence-electron chi connectivity index (χ4n) is 4.44. The van der Waals surface area contributed by atoms with Gasteiger partial charge in [-0.15, -0.1) is 0 Å². The number of halogens is 1. The fourth-order valence-corrected chi connectivity index (χ4v) is 4.62. The Kier molecular flexibility index (Phi) is 5.40. The van der Waals surface area contributed by atoms with Crippen molar-refractivity contribution in [2.75, 3.05) is 13.2 Å². The van der Waals surface area contributed by atoms with Crippen molar-refractivity contribution < 1.29 is 18.7 Å². The van der Waals surface area contributed by atoms with Crippen LogP contribution in [-0.4, -0.2) is 36.0 Å². The van der Waals surface area contributed by atoms with E-state index in [0.29, 0.717) is 17.5 Å². The number of hydrogen-bond acceptors (Lipinski definition) is 5. The molecule has 7 heteroatoms. The Morgan fingerprint density at radius 3 is 2.79 bits per heavy atom. The molecule has 2 fully saturated rings. The number of benzene rings is 1. The van der Waals surface area contributed by atoms with Crippen molar-refractivity contribution in [3.8, 4) is 0 Å². The number of piperidine rings is 1. The standard InChI is InChI=1S/C21H22ClNO5/c22-14-7-8-18-15(10-14)17(24)11-19(28-18)21(26)27-12-20(25)23-9-3-5-13-4-1-2-6-16(13)23/h7-8,10-11,13,16H,1-6,9,12H2/t13-,16+/m1/s1. The van der Waals surface area contributed by atoms with Crippen LogP contribution in [0.4, 0.5) is 0 Å². The van der Waals surface area contributed by atoms with Crippen LogP contribution < -0.4 is 5.43 Å². The Balaban J connectivity index is 1.44. The van der Waals surface area contributed by atoms with Crippen LogP contribution in [0.25, 0.3) is 11.0 Å². The average Bonchev–Trinajstić information content (AvgIpc) is 2.71. The lowest BCUT2D eigenvalue weighted by Crippen LogP contribution is -2.50. The molecule has 2 aliphatic rings. The zero-order chi connectivity index (χ0) is 19.7. The largest absolute Gasteiger partial charge is 0.450 e. The van der Waals surface area contributed by atoms with Crippen molar-refractivity contribution in [3.05, 3.63) is 45.3 Å². The van der Waals surface area contributed by atoms with E-state index < -0.39 is 5.97 Å². The van der Waals surface area contributed by atoms with Crippen LogP contribution >= 0.6 is 11.6 Å². The highest BCUT2D eigenvalue weighted by Crippen LogP contribution is 2.35. The molecule has 2 atom stereocenters. The molecule has 28 heavy (non-hydrogen) atoms. The van der Waals surface area contributed by atoms with Crippen molar-refractivity contribution in [2.45, 2.75) is 44.6 Å². The fraction of sp³-hybridized carbons (Fsp3) is 0.476. The number of carbonyl (C=O) groups excluding carboxylic acids is 2. The summed E-state index contributed by atoms with van der Waals surface area (Å²) in [5.41, 5.74) is -0.139. The first-order valence-electron chi connectivity index (χ1n) is 9.73. The number of fused-ring (bicyclic) bond motifs is 2. The van der Waals surface area contributed by atoms with Gasteiger partial charge in [-0.3, -0.25) is 9.59 Å². The lowest BCUT2D eigenvalue weighted by atomic mass is 9.78. The summed E-state index contributed by atoms with van der Waals surface area (Å²) in [4.78, 5) is 39.0. The second-order valence-electron chi connectivity index (χ2n) is 7.53. The van der Waals surface area contributed by atoms with Crippen molar-refractivity contribution >= 4 is 34.4 Å². The number of hydrogen-bond donors (Lipinski definition) is 0. The average molecular weight is 404 g/mol. The van der Waals surface area contributed by atoms with Gasteiger partial charge in [0.2, 0.25) is 5.76 Å². The van der Waals surface area contributed by atoms with Gasteiger partial charge in [0.15, 0.2) is 12.0 Å². The number of amides is 1. The Bertz CT molecular complexity index is 967. The zero-order valence-electron chi connectivity index (χ0n) is 15.5. The summed E-state index contributed by atoms with van der Waals surface area (Å²) in [5, 5.41) is 0.694. The number of esters is 1. The molecule has 0 bridgehead atoms. The lowest BCUT2D eigenvalue weighted by molar-refractivity contribution is -0.140. The Morgan fingerprint density at radius 2 is 1.93 bits per heavy atom. The van der Waals surface area contributed by atoms with Gasteiger partial charge >= 0.3 is 5.97 Å². The summed E-state index contributed by atoms with van der Waals surface area (Å²) < 4.78 is 10.6. The van der Waals surface area contributed by atoms with Gasteiger partial charge in [0.1, 0.15) is 5.58 Å². The number of ether oxygens (including phenoxy) is 1. The van der Waals surface area contributed by atoms with Crippen LogP contribution in [0.5, 0.6) is 0 Å². The smallest absolute Gasteiger partial charge is 0.374 e. The quantitative estimate of drug-likeness (QED) is 0.729. The molecule has 1 aromatic heterocycles. The van der Waals surface area contributed by atoms with Crippen LogP contribution in [0.3, 0.4) is 0 Å². The molecule has 148 valence electrons. The van der Waals surface area contributed by atoms with E-state index in [1.807, 2.05) is 4.90 Å². The third-order valence-electron chi connectivity index (χ3n) is 5.78. The maximum Gasteiger partial charge on any atom is 0.374 e. The second kappa shape index (κ2) is 7.95. The molecule has 0 radical (unpaired) electrons. The maximum atomic E-state index is 12.6. The van der Waals surface area contributed by atoms with Gasteiger partial charge in [0.05, 0.1) is 5.39 Å². The number of nitrogens with zero attached hydrogens (tertiary/aromatic N) is 1. The van der Waals surface area contributed by atoms with Gasteiger partial charge in [-0.05, 0) is 49.8 Å². The van der Waals surface area contributed by atoms with Gasteiger partial charge in [-0.25, -0.2) is 4.79 Å². The van der Waals surface area contributed by atoms with Crippen LogP contribution in [0.15, 0.2) is 33.5 Å². The van der Waals surface area contributed by atoms with Crippen molar-refractivity contribution in [1.82, 2.24) is 4.90 Å². The third-order valence-corrected chi connectivity index (χ3v) is 6.02. The highest BCUT2D eigenvalue weighted by Gasteiger charge is 2.35. The van der Waals surface area contributed by atoms with E-state index >= 15 is 0 Å². The molecule has 0 N–H and O–H groups in total. The topological polar surface area (TPSA) is 76.8 Å². The summed E-state index contributed by atoms with van der Waals surface area (Å²) in [5.74, 6) is -0.659. The minimum Gasteiger partial charge on any atom is -0.450 e. The lowest BCUT2D eigenvalue weighted by Gasteiger charge is -2.44. The maximum absolute atomic E-state index is 12.6. The van der Waals surface area contributed by atoms with Crippen molar-refractivity contribution in [1.29, 1.82) is 0 Å². The number of carbonyl (C=O) groups is 2. The predicted molar refractivity (Wildman–Crippen MR) is 104 cm³/mol.